The number of nitrogens with zero attached hydrogens (tertiary/aromatic N) is 6. The summed E-state index contributed by atoms with van der Waals surface area (Å²) in [7, 11) is 0. The molecule has 32 heavy (non-hydrogen) atoms. The molecule has 0 amide bonds. The fourth-order valence-electron chi connectivity index (χ4n) is 4.04. The van der Waals surface area contributed by atoms with Gasteiger partial charge in [-0.1, -0.05) is 6.07 Å². The Hall–Kier alpha value is -3.05. The van der Waals surface area contributed by atoms with Gasteiger partial charge in [0.15, 0.2) is 5.82 Å². The number of benzene rings is 1. The molecule has 0 aliphatic carbocycles. The number of aromatic nitrogens is 5. The van der Waals surface area contributed by atoms with E-state index in [9.17, 15) is 18.3 Å². The van der Waals surface area contributed by atoms with E-state index in [1.807, 2.05) is 4.90 Å². The molecule has 2 atom stereocenters. The highest BCUT2D eigenvalue weighted by Gasteiger charge is 2.43. The van der Waals surface area contributed by atoms with E-state index in [2.05, 4.69) is 20.1 Å². The molecule has 11 heteroatoms. The van der Waals surface area contributed by atoms with Crippen LogP contribution in [0.3, 0.4) is 0 Å². The van der Waals surface area contributed by atoms with Crippen LogP contribution in [-0.4, -0.2) is 60.0 Å². The molecule has 0 spiro atoms. The van der Waals surface area contributed by atoms with Gasteiger partial charge in [0.1, 0.15) is 36.0 Å². The maximum Gasteiger partial charge on any atom is 0.316 e. The molecule has 2 aromatic heterocycles. The van der Waals surface area contributed by atoms with E-state index in [4.69, 9.17) is 4.74 Å². The Labute approximate surface area is 182 Å². The topological polar surface area (TPSA) is 89.2 Å². The lowest BCUT2D eigenvalue weighted by Crippen LogP contribution is -2.54. The van der Waals surface area contributed by atoms with Crippen LogP contribution in [0.1, 0.15) is 25.3 Å². The lowest BCUT2D eigenvalue weighted by atomic mass is 9.84. The van der Waals surface area contributed by atoms with Crippen molar-refractivity contribution in [3.8, 4) is 6.01 Å². The molecular weight excluding hydrogens is 425 g/mol. The summed E-state index contributed by atoms with van der Waals surface area (Å²) in [6.45, 7) is 2.84. The van der Waals surface area contributed by atoms with Crippen LogP contribution in [0.4, 0.5) is 13.2 Å². The number of ether oxygens (including phenoxy) is 1. The third-order valence-corrected chi connectivity index (χ3v) is 5.85. The van der Waals surface area contributed by atoms with E-state index in [1.165, 1.54) is 23.4 Å². The van der Waals surface area contributed by atoms with Crippen LogP contribution in [0.25, 0.3) is 0 Å². The second-order valence-electron chi connectivity index (χ2n) is 7.85. The van der Waals surface area contributed by atoms with E-state index >= 15 is 0 Å². The first kappa shape index (κ1) is 22.2. The summed E-state index contributed by atoms with van der Waals surface area (Å²) in [5.41, 5.74) is -1.71. The van der Waals surface area contributed by atoms with Gasteiger partial charge in [0.25, 0.3) is 0 Å². The van der Waals surface area contributed by atoms with Gasteiger partial charge in [-0.15, -0.1) is 0 Å². The van der Waals surface area contributed by atoms with Gasteiger partial charge >= 0.3 is 6.01 Å². The van der Waals surface area contributed by atoms with Crippen molar-refractivity contribution in [1.29, 1.82) is 0 Å². The van der Waals surface area contributed by atoms with Crippen LogP contribution in [0.2, 0.25) is 0 Å². The van der Waals surface area contributed by atoms with Gasteiger partial charge in [-0.25, -0.2) is 32.8 Å². The van der Waals surface area contributed by atoms with Gasteiger partial charge in [-0.3, -0.25) is 4.90 Å². The first-order valence-corrected chi connectivity index (χ1v) is 10.2. The molecule has 1 saturated heterocycles. The lowest BCUT2D eigenvalue weighted by Gasteiger charge is -2.44. The van der Waals surface area contributed by atoms with Crippen LogP contribution < -0.4 is 4.74 Å². The van der Waals surface area contributed by atoms with Crippen LogP contribution in [0, 0.1) is 17.5 Å². The Morgan fingerprint density at radius 2 is 1.88 bits per heavy atom. The normalized spacial score (nSPS) is 18.3. The maximum atomic E-state index is 14.7. The number of hydrogen-bond acceptors (Lipinski definition) is 7. The van der Waals surface area contributed by atoms with Crippen molar-refractivity contribution in [2.24, 2.45) is 0 Å². The molecule has 0 saturated carbocycles. The molecule has 1 aliphatic heterocycles. The highest BCUT2D eigenvalue weighted by atomic mass is 19.1. The monoisotopic (exact) mass is 448 g/mol. The van der Waals surface area contributed by atoms with Crippen LogP contribution in [0.5, 0.6) is 6.01 Å². The highest BCUT2D eigenvalue weighted by molar-refractivity contribution is 5.27. The minimum absolute atomic E-state index is 0.0139. The number of halogens is 3. The van der Waals surface area contributed by atoms with Crippen LogP contribution in [0.15, 0.2) is 43.2 Å². The smallest absolute Gasteiger partial charge is 0.316 e. The Balaban J connectivity index is 1.50. The highest BCUT2D eigenvalue weighted by Crippen LogP contribution is 2.34. The van der Waals surface area contributed by atoms with E-state index in [1.54, 1.807) is 6.92 Å². The summed E-state index contributed by atoms with van der Waals surface area (Å²) in [6, 6.07) is 2.72. The van der Waals surface area contributed by atoms with Gasteiger partial charge in [0, 0.05) is 30.8 Å². The summed E-state index contributed by atoms with van der Waals surface area (Å²) in [4.78, 5) is 13.5. The van der Waals surface area contributed by atoms with Gasteiger partial charge in [0.05, 0.1) is 18.9 Å². The Kier molecular flexibility index (Phi) is 6.38. The lowest BCUT2D eigenvalue weighted by molar-refractivity contribution is -0.0750. The number of likely N-dealkylation sites (tertiary alicyclic amines) is 1. The molecule has 3 aromatic rings. The number of hydrogen-bond donors (Lipinski definition) is 1. The Morgan fingerprint density at radius 3 is 2.50 bits per heavy atom. The molecule has 0 bridgehead atoms. The summed E-state index contributed by atoms with van der Waals surface area (Å²) in [6.07, 6.45) is 5.89. The third-order valence-electron chi connectivity index (χ3n) is 5.85. The third kappa shape index (κ3) is 4.73. The van der Waals surface area contributed by atoms with Gasteiger partial charge in [-0.05, 0) is 25.8 Å². The van der Waals surface area contributed by atoms with Crippen LogP contribution >= 0.6 is 0 Å². The summed E-state index contributed by atoms with van der Waals surface area (Å²) in [5, 5.41) is 15.7. The SMILES string of the molecule is C[C@@H](N1CCC(Oc2ncc(F)cn2)CC1)[C@](O)(Cn1cncn1)c1ccc(F)cc1F. The molecule has 4 rings (SSSR count). The van der Waals surface area contributed by atoms with Crippen LogP contribution in [-0.2, 0) is 12.1 Å². The molecule has 170 valence electrons. The van der Waals surface area contributed by atoms with E-state index in [-0.39, 0.29) is 24.2 Å². The average Bonchev–Trinajstić information content (AvgIpc) is 3.28. The van der Waals surface area contributed by atoms with Crippen molar-refractivity contribution >= 4 is 0 Å². The molecule has 0 radical (unpaired) electrons. The summed E-state index contributed by atoms with van der Waals surface area (Å²) >= 11 is 0. The standard InChI is InChI=1S/C21H23F3N6O2/c1-14(29-6-4-17(5-7-29)32-20-26-9-16(23)10-27-20)21(31,11-30-13-25-12-28-30)18-3-2-15(22)8-19(18)24/h2-3,8-10,12-14,17,31H,4-7,11H2,1H3/t14-,21-/m1/s1. The summed E-state index contributed by atoms with van der Waals surface area (Å²) < 4.78 is 48.3. The molecule has 1 aliphatic rings. The van der Waals surface area contributed by atoms with Gasteiger partial charge in [-0.2, -0.15) is 5.10 Å². The van der Waals surface area contributed by atoms with E-state index < -0.39 is 29.1 Å². The quantitative estimate of drug-likeness (QED) is 0.593. The zero-order valence-electron chi connectivity index (χ0n) is 17.4. The first-order valence-electron chi connectivity index (χ1n) is 10.2. The largest absolute Gasteiger partial charge is 0.460 e. The minimum atomic E-state index is -1.70. The predicted molar refractivity (Wildman–Crippen MR) is 107 cm³/mol. The second-order valence-corrected chi connectivity index (χ2v) is 7.85. The molecule has 1 fully saturated rings. The van der Waals surface area contributed by atoms with Crippen molar-refractivity contribution in [2.75, 3.05) is 13.1 Å². The molecule has 0 unspecified atom stereocenters. The Bertz CT molecular complexity index is 1030. The van der Waals surface area contributed by atoms with Crippen molar-refractivity contribution in [1.82, 2.24) is 29.6 Å². The Morgan fingerprint density at radius 1 is 1.16 bits per heavy atom. The van der Waals surface area contributed by atoms with E-state index in [0.717, 1.165) is 24.5 Å². The molecular formula is C21H23F3N6O2. The molecule has 1 N–H and O–H groups in total. The number of rotatable bonds is 7. The zero-order chi connectivity index (χ0) is 22.7. The zero-order valence-corrected chi connectivity index (χ0v) is 17.4. The molecule has 8 nitrogen and oxygen atoms in total. The van der Waals surface area contributed by atoms with Crippen molar-refractivity contribution in [3.05, 3.63) is 66.3 Å². The minimum Gasteiger partial charge on any atom is -0.460 e. The second kappa shape index (κ2) is 9.21. The average molecular weight is 448 g/mol. The first-order chi connectivity index (χ1) is 15.3. The van der Waals surface area contributed by atoms with Gasteiger partial charge in [0.2, 0.25) is 0 Å². The van der Waals surface area contributed by atoms with Crippen molar-refractivity contribution in [3.63, 3.8) is 0 Å². The van der Waals surface area contributed by atoms with Gasteiger partial charge < -0.3 is 9.84 Å². The van der Waals surface area contributed by atoms with Crippen molar-refractivity contribution in [2.45, 2.75) is 44.1 Å². The number of aliphatic hydroxyl groups is 1. The molecule has 1 aromatic carbocycles. The fourth-order valence-corrected chi connectivity index (χ4v) is 4.04. The van der Waals surface area contributed by atoms with Crippen molar-refractivity contribution < 1.29 is 23.0 Å². The predicted octanol–water partition coefficient (Wildman–Crippen LogP) is 2.31. The summed E-state index contributed by atoms with van der Waals surface area (Å²) in [5.74, 6) is -2.09. The maximum absolute atomic E-state index is 14.7. The van der Waals surface area contributed by atoms with E-state index in [0.29, 0.717) is 25.9 Å². The number of piperidine rings is 1. The fraction of sp³-hybridized carbons (Fsp3) is 0.429. The molecule has 3 heterocycles.